The van der Waals surface area contributed by atoms with Gasteiger partial charge in [0, 0.05) is 16.7 Å². The average molecular weight is 763 g/mol. The zero-order valence-electron chi connectivity index (χ0n) is 32.4. The van der Waals surface area contributed by atoms with Gasteiger partial charge in [0.1, 0.15) is 0 Å². The van der Waals surface area contributed by atoms with E-state index >= 15 is 0 Å². The van der Waals surface area contributed by atoms with Crippen LogP contribution in [-0.4, -0.2) is 15.0 Å². The van der Waals surface area contributed by atoms with Gasteiger partial charge in [0.25, 0.3) is 0 Å². The van der Waals surface area contributed by atoms with Crippen molar-refractivity contribution in [2.75, 3.05) is 0 Å². The number of fused-ring (bicyclic) bond motifs is 3. The topological polar surface area (TPSA) is 43.0 Å². The second kappa shape index (κ2) is 14.6. The van der Waals surface area contributed by atoms with Crippen LogP contribution in [0.1, 0.15) is 0 Å². The molecule has 278 valence electrons. The molecule has 0 amide bonds. The molecule has 0 saturated carbocycles. The van der Waals surface area contributed by atoms with Crippen molar-refractivity contribution in [2.45, 2.75) is 0 Å². The van der Waals surface area contributed by atoms with Crippen molar-refractivity contribution >= 4 is 16.5 Å². The molecule has 0 atom stereocenters. The van der Waals surface area contributed by atoms with Gasteiger partial charge in [0.05, 0.1) is 6.57 Å². The molecule has 1 aromatic heterocycles. The Bertz CT molecular complexity index is 3260. The van der Waals surface area contributed by atoms with Crippen LogP contribution in [0.25, 0.3) is 117 Å². The quantitative estimate of drug-likeness (QED) is 0.152. The Morgan fingerprint density at radius 2 is 0.750 bits per heavy atom. The molecule has 0 spiro atoms. The van der Waals surface area contributed by atoms with Crippen molar-refractivity contribution in [3.8, 4) is 101 Å². The Morgan fingerprint density at radius 3 is 1.43 bits per heavy atom. The lowest BCUT2D eigenvalue weighted by atomic mass is 9.87. The summed E-state index contributed by atoms with van der Waals surface area (Å²) in [5.41, 5.74) is 17.0. The number of nitrogens with zero attached hydrogens (tertiary/aromatic N) is 4. The van der Waals surface area contributed by atoms with E-state index in [1.54, 1.807) is 0 Å². The van der Waals surface area contributed by atoms with E-state index in [4.69, 9.17) is 21.5 Å². The van der Waals surface area contributed by atoms with Crippen LogP contribution in [0.4, 0.5) is 5.69 Å². The highest BCUT2D eigenvalue weighted by Crippen LogP contribution is 2.52. The Morgan fingerprint density at radius 1 is 0.300 bits per heavy atom. The second-order valence-corrected chi connectivity index (χ2v) is 15.0. The molecule has 0 unspecified atom stereocenters. The Labute approximate surface area is 348 Å². The summed E-state index contributed by atoms with van der Waals surface area (Å²) in [6.45, 7) is 8.18. The van der Waals surface area contributed by atoms with Crippen LogP contribution >= 0.6 is 0 Å². The minimum atomic E-state index is 0.596. The van der Waals surface area contributed by atoms with Crippen molar-refractivity contribution in [3.05, 3.63) is 218 Å². The molecule has 60 heavy (non-hydrogen) atoms. The minimum absolute atomic E-state index is 0.596. The van der Waals surface area contributed by atoms with Crippen LogP contribution in [0.2, 0.25) is 0 Å². The average Bonchev–Trinajstić information content (AvgIpc) is 3.67. The van der Waals surface area contributed by atoms with E-state index in [9.17, 15) is 0 Å². The Kier molecular flexibility index (Phi) is 8.50. The molecule has 1 aliphatic rings. The van der Waals surface area contributed by atoms with Gasteiger partial charge in [-0.25, -0.2) is 19.8 Å². The zero-order chi connectivity index (χ0) is 40.0. The highest BCUT2D eigenvalue weighted by molar-refractivity contribution is 6.18. The SMILES string of the molecule is [C-]#[N+]c1ccc(-c2cccc(-c3nc(-c4ccccc4)nc(-c4ccccc4)n3)c2)cc1-c1cccc(-c2ccccc2-c2cccc3c2-c2cccc4cccc-3c24)c1. The van der Waals surface area contributed by atoms with Gasteiger partial charge in [-0.15, -0.1) is 0 Å². The molecule has 4 nitrogen and oxygen atoms in total. The van der Waals surface area contributed by atoms with E-state index in [-0.39, 0.29) is 0 Å². The predicted octanol–water partition coefficient (Wildman–Crippen LogP) is 14.9. The van der Waals surface area contributed by atoms with Gasteiger partial charge in [0.2, 0.25) is 0 Å². The lowest BCUT2D eigenvalue weighted by Gasteiger charge is -2.16. The first-order valence-corrected chi connectivity index (χ1v) is 20.1. The standard InChI is InChI=1S/C56H34N4/c1-57-51-32-31-40(39-21-10-24-43(33-39)56-59-54(37-15-4-2-5-16-37)58-55(60-56)38-17-6-3-7-18-38)35-50(51)42-23-11-22-41(34-42)44-25-8-9-26-45(44)46-28-14-29-48-47-27-12-19-36-20-13-30-49(52(36)47)53(46)48/h2-35H. The molecule has 0 fully saturated rings. The van der Waals surface area contributed by atoms with E-state index in [0.717, 1.165) is 50.1 Å². The molecule has 4 heteroatoms. The maximum absolute atomic E-state index is 8.18. The molecular formula is C56H34N4. The predicted molar refractivity (Wildman–Crippen MR) is 246 cm³/mol. The van der Waals surface area contributed by atoms with E-state index in [1.807, 2.05) is 84.9 Å². The third-order valence-corrected chi connectivity index (χ3v) is 11.5. The highest BCUT2D eigenvalue weighted by Gasteiger charge is 2.25. The third-order valence-electron chi connectivity index (χ3n) is 11.5. The van der Waals surface area contributed by atoms with Crippen molar-refractivity contribution in [1.82, 2.24) is 15.0 Å². The van der Waals surface area contributed by atoms with Gasteiger partial charge in [-0.05, 0) is 89.7 Å². The van der Waals surface area contributed by atoms with E-state index in [2.05, 4.69) is 126 Å². The number of benzene rings is 9. The van der Waals surface area contributed by atoms with Crippen molar-refractivity contribution in [1.29, 1.82) is 0 Å². The third kappa shape index (κ3) is 6.05. The summed E-state index contributed by atoms with van der Waals surface area (Å²) in [5.74, 6) is 1.83. The van der Waals surface area contributed by atoms with Gasteiger partial charge in [-0.3, -0.25) is 0 Å². The van der Waals surface area contributed by atoms with Crippen LogP contribution in [0.15, 0.2) is 206 Å². The molecular weight excluding hydrogens is 729 g/mol. The van der Waals surface area contributed by atoms with E-state index in [0.29, 0.717) is 23.2 Å². The molecule has 9 aromatic carbocycles. The second-order valence-electron chi connectivity index (χ2n) is 15.0. The van der Waals surface area contributed by atoms with Crippen LogP contribution < -0.4 is 0 Å². The molecule has 11 rings (SSSR count). The van der Waals surface area contributed by atoms with E-state index < -0.39 is 0 Å². The smallest absolute Gasteiger partial charge is 0.194 e. The summed E-state index contributed by atoms with van der Waals surface area (Å²) in [6.07, 6.45) is 0. The summed E-state index contributed by atoms with van der Waals surface area (Å²) in [7, 11) is 0. The molecule has 0 radical (unpaired) electrons. The lowest BCUT2D eigenvalue weighted by Crippen LogP contribution is -2.00. The highest BCUT2D eigenvalue weighted by atomic mass is 15.0. The molecule has 0 saturated heterocycles. The first kappa shape index (κ1) is 34.9. The molecule has 1 heterocycles. The molecule has 0 bridgehead atoms. The summed E-state index contributed by atoms with van der Waals surface area (Å²) in [6, 6.07) is 71.6. The molecule has 1 aliphatic carbocycles. The number of hydrogen-bond acceptors (Lipinski definition) is 3. The zero-order valence-corrected chi connectivity index (χ0v) is 32.4. The normalized spacial score (nSPS) is 11.3. The first-order chi connectivity index (χ1) is 29.7. The van der Waals surface area contributed by atoms with Crippen LogP contribution in [0, 0.1) is 6.57 Å². The Hall–Kier alpha value is -8.26. The van der Waals surface area contributed by atoms with Gasteiger partial charge < -0.3 is 0 Å². The van der Waals surface area contributed by atoms with Gasteiger partial charge >= 0.3 is 0 Å². The monoisotopic (exact) mass is 762 g/mol. The van der Waals surface area contributed by atoms with Crippen molar-refractivity contribution in [3.63, 3.8) is 0 Å². The van der Waals surface area contributed by atoms with Crippen molar-refractivity contribution < 1.29 is 0 Å². The summed E-state index contributed by atoms with van der Waals surface area (Å²) in [4.78, 5) is 18.8. The molecule has 0 aliphatic heterocycles. The number of aromatic nitrogens is 3. The summed E-state index contributed by atoms with van der Waals surface area (Å²) < 4.78 is 0. The van der Waals surface area contributed by atoms with Gasteiger partial charge in [0.15, 0.2) is 23.2 Å². The maximum atomic E-state index is 8.18. The first-order valence-electron chi connectivity index (χ1n) is 20.1. The minimum Gasteiger partial charge on any atom is -0.238 e. The fourth-order valence-corrected chi connectivity index (χ4v) is 8.71. The number of rotatable bonds is 7. The fourth-order valence-electron chi connectivity index (χ4n) is 8.71. The van der Waals surface area contributed by atoms with Crippen LogP contribution in [0.5, 0.6) is 0 Å². The molecule has 0 N–H and O–H groups in total. The van der Waals surface area contributed by atoms with Crippen molar-refractivity contribution in [2.24, 2.45) is 0 Å². The fraction of sp³-hybridized carbons (Fsp3) is 0. The van der Waals surface area contributed by atoms with Gasteiger partial charge in [-0.1, -0.05) is 194 Å². The summed E-state index contributed by atoms with van der Waals surface area (Å²) >= 11 is 0. The lowest BCUT2D eigenvalue weighted by molar-refractivity contribution is 1.07. The van der Waals surface area contributed by atoms with Crippen LogP contribution in [-0.2, 0) is 0 Å². The van der Waals surface area contributed by atoms with E-state index in [1.165, 1.54) is 44.2 Å². The Balaban J connectivity index is 0.986. The van der Waals surface area contributed by atoms with Crippen LogP contribution in [0.3, 0.4) is 0 Å². The number of hydrogen-bond donors (Lipinski definition) is 0. The largest absolute Gasteiger partial charge is 0.238 e. The molecule has 10 aromatic rings. The maximum Gasteiger partial charge on any atom is 0.194 e. The van der Waals surface area contributed by atoms with Gasteiger partial charge in [-0.2, -0.15) is 0 Å². The summed E-state index contributed by atoms with van der Waals surface area (Å²) in [5, 5.41) is 2.58.